The Morgan fingerprint density at radius 1 is 1.35 bits per heavy atom. The molecule has 1 heterocycles. The second kappa shape index (κ2) is 6.49. The van der Waals surface area contributed by atoms with Gasteiger partial charge >= 0.3 is 0 Å². The van der Waals surface area contributed by atoms with E-state index in [-0.39, 0.29) is 6.10 Å². The molecule has 0 aliphatic rings. The maximum atomic E-state index is 5.86. The highest BCUT2D eigenvalue weighted by Crippen LogP contribution is 2.24. The molecule has 6 nitrogen and oxygen atoms in total. The minimum Gasteiger partial charge on any atom is -0.491 e. The lowest BCUT2D eigenvalue weighted by Crippen LogP contribution is -2.17. The van der Waals surface area contributed by atoms with Gasteiger partial charge in [-0.1, -0.05) is 11.2 Å². The standard InChI is InChI=1S/C14H19N3O3/c1-9(2)19-11-6-4-5-10(7-11)14-16-13(17-20-14)12(15)8-18-3/h4-7,9,12H,8,15H2,1-3H3. The van der Waals surface area contributed by atoms with E-state index in [4.69, 9.17) is 19.7 Å². The summed E-state index contributed by atoms with van der Waals surface area (Å²) >= 11 is 0. The zero-order valence-electron chi connectivity index (χ0n) is 11.9. The first-order valence-corrected chi connectivity index (χ1v) is 6.45. The van der Waals surface area contributed by atoms with Crippen molar-refractivity contribution in [3.8, 4) is 17.2 Å². The van der Waals surface area contributed by atoms with Gasteiger partial charge in [0.05, 0.1) is 18.8 Å². The van der Waals surface area contributed by atoms with Crippen LogP contribution in [0.4, 0.5) is 0 Å². The van der Waals surface area contributed by atoms with E-state index in [0.29, 0.717) is 18.3 Å². The van der Waals surface area contributed by atoms with E-state index < -0.39 is 6.04 Å². The molecule has 108 valence electrons. The summed E-state index contributed by atoms with van der Waals surface area (Å²) in [6.07, 6.45) is 0.110. The fourth-order valence-electron chi connectivity index (χ4n) is 1.73. The van der Waals surface area contributed by atoms with Gasteiger partial charge in [0.15, 0.2) is 5.82 Å². The predicted octanol–water partition coefficient (Wildman–Crippen LogP) is 2.17. The predicted molar refractivity (Wildman–Crippen MR) is 74.3 cm³/mol. The van der Waals surface area contributed by atoms with Crippen molar-refractivity contribution in [2.75, 3.05) is 13.7 Å². The van der Waals surface area contributed by atoms with Gasteiger partial charge in [-0.05, 0) is 32.0 Å². The van der Waals surface area contributed by atoms with E-state index in [1.807, 2.05) is 38.1 Å². The van der Waals surface area contributed by atoms with Crippen LogP contribution in [0.5, 0.6) is 5.75 Å². The molecule has 2 rings (SSSR count). The molecule has 20 heavy (non-hydrogen) atoms. The minimum absolute atomic E-state index is 0.110. The molecule has 0 bridgehead atoms. The van der Waals surface area contributed by atoms with Gasteiger partial charge in [0, 0.05) is 12.7 Å². The maximum absolute atomic E-state index is 5.86. The lowest BCUT2D eigenvalue weighted by molar-refractivity contribution is 0.177. The highest BCUT2D eigenvalue weighted by Gasteiger charge is 2.15. The number of hydrogen-bond donors (Lipinski definition) is 1. The summed E-state index contributed by atoms with van der Waals surface area (Å²) in [5.74, 6) is 1.61. The van der Waals surface area contributed by atoms with Crippen molar-refractivity contribution in [2.24, 2.45) is 5.73 Å². The summed E-state index contributed by atoms with van der Waals surface area (Å²) in [5, 5.41) is 3.87. The topological polar surface area (TPSA) is 83.4 Å². The third kappa shape index (κ3) is 3.55. The first kappa shape index (κ1) is 14.5. The molecular weight excluding hydrogens is 258 g/mol. The monoisotopic (exact) mass is 277 g/mol. The van der Waals surface area contributed by atoms with Crippen LogP contribution < -0.4 is 10.5 Å². The molecule has 0 amide bonds. The molecule has 0 aliphatic heterocycles. The molecule has 0 radical (unpaired) electrons. The number of rotatable bonds is 6. The van der Waals surface area contributed by atoms with E-state index in [1.54, 1.807) is 7.11 Å². The Hall–Kier alpha value is -1.92. The number of ether oxygens (including phenoxy) is 2. The maximum Gasteiger partial charge on any atom is 0.258 e. The quantitative estimate of drug-likeness (QED) is 0.871. The number of methoxy groups -OCH3 is 1. The van der Waals surface area contributed by atoms with Gasteiger partial charge in [-0.2, -0.15) is 4.98 Å². The van der Waals surface area contributed by atoms with Crippen molar-refractivity contribution >= 4 is 0 Å². The van der Waals surface area contributed by atoms with Crippen molar-refractivity contribution in [1.82, 2.24) is 10.1 Å². The molecule has 0 spiro atoms. The van der Waals surface area contributed by atoms with E-state index in [0.717, 1.165) is 11.3 Å². The normalized spacial score (nSPS) is 12.7. The van der Waals surface area contributed by atoms with Gasteiger partial charge in [0.2, 0.25) is 0 Å². The highest BCUT2D eigenvalue weighted by atomic mass is 16.5. The van der Waals surface area contributed by atoms with E-state index >= 15 is 0 Å². The van der Waals surface area contributed by atoms with Gasteiger partial charge in [-0.25, -0.2) is 0 Å². The second-order valence-electron chi connectivity index (χ2n) is 4.71. The molecular formula is C14H19N3O3. The van der Waals surface area contributed by atoms with Crippen LogP contribution in [0, 0.1) is 0 Å². The summed E-state index contributed by atoms with van der Waals surface area (Å²) in [6.45, 7) is 4.29. The molecule has 2 aromatic rings. The van der Waals surface area contributed by atoms with Gasteiger partial charge < -0.3 is 19.7 Å². The van der Waals surface area contributed by atoms with Crippen LogP contribution in [-0.4, -0.2) is 30.0 Å². The van der Waals surface area contributed by atoms with Crippen molar-refractivity contribution in [2.45, 2.75) is 26.0 Å². The van der Waals surface area contributed by atoms with Crippen LogP contribution in [-0.2, 0) is 4.74 Å². The summed E-state index contributed by atoms with van der Waals surface area (Å²) in [5.41, 5.74) is 6.66. The lowest BCUT2D eigenvalue weighted by Gasteiger charge is -2.09. The fraction of sp³-hybridized carbons (Fsp3) is 0.429. The number of nitrogens with two attached hydrogens (primary N) is 1. The van der Waals surface area contributed by atoms with Crippen molar-refractivity contribution in [3.63, 3.8) is 0 Å². The van der Waals surface area contributed by atoms with E-state index in [2.05, 4.69) is 10.1 Å². The Bertz CT molecular complexity index is 554. The molecule has 0 saturated carbocycles. The van der Waals surface area contributed by atoms with Crippen molar-refractivity contribution < 1.29 is 14.0 Å². The zero-order valence-corrected chi connectivity index (χ0v) is 11.9. The SMILES string of the molecule is COCC(N)c1noc(-c2cccc(OC(C)C)c2)n1. The molecule has 2 N–H and O–H groups in total. The van der Waals surface area contributed by atoms with E-state index in [9.17, 15) is 0 Å². The molecule has 1 aromatic carbocycles. The molecule has 6 heteroatoms. The minimum atomic E-state index is -0.396. The Morgan fingerprint density at radius 3 is 2.85 bits per heavy atom. The average Bonchev–Trinajstić information content (AvgIpc) is 2.88. The number of benzene rings is 1. The van der Waals surface area contributed by atoms with Crippen molar-refractivity contribution in [3.05, 3.63) is 30.1 Å². The number of aromatic nitrogens is 2. The van der Waals surface area contributed by atoms with Gasteiger partial charge in [0.1, 0.15) is 5.75 Å². The zero-order chi connectivity index (χ0) is 14.5. The summed E-state index contributed by atoms with van der Waals surface area (Å²) in [4.78, 5) is 4.28. The van der Waals surface area contributed by atoms with E-state index in [1.165, 1.54) is 0 Å². The average molecular weight is 277 g/mol. The summed E-state index contributed by atoms with van der Waals surface area (Å²) in [6, 6.07) is 7.11. The van der Waals surface area contributed by atoms with Gasteiger partial charge in [-0.15, -0.1) is 0 Å². The van der Waals surface area contributed by atoms with Crippen molar-refractivity contribution in [1.29, 1.82) is 0 Å². The Labute approximate surface area is 117 Å². The lowest BCUT2D eigenvalue weighted by atomic mass is 10.2. The Morgan fingerprint density at radius 2 is 2.15 bits per heavy atom. The van der Waals surface area contributed by atoms with Crippen LogP contribution in [0.3, 0.4) is 0 Å². The fourth-order valence-corrected chi connectivity index (χ4v) is 1.73. The molecule has 1 aromatic heterocycles. The van der Waals surface area contributed by atoms with Crippen LogP contribution in [0.1, 0.15) is 25.7 Å². The smallest absolute Gasteiger partial charge is 0.258 e. The van der Waals surface area contributed by atoms with Gasteiger partial charge in [-0.3, -0.25) is 0 Å². The van der Waals surface area contributed by atoms with Crippen LogP contribution in [0.15, 0.2) is 28.8 Å². The third-order valence-corrected chi connectivity index (χ3v) is 2.57. The molecule has 0 fully saturated rings. The molecule has 1 atom stereocenters. The second-order valence-corrected chi connectivity index (χ2v) is 4.71. The summed E-state index contributed by atoms with van der Waals surface area (Å²) in [7, 11) is 1.58. The van der Waals surface area contributed by atoms with Crippen LogP contribution in [0.2, 0.25) is 0 Å². The molecule has 0 aliphatic carbocycles. The summed E-state index contributed by atoms with van der Waals surface area (Å²) < 4.78 is 15.8. The molecule has 1 unspecified atom stereocenters. The van der Waals surface area contributed by atoms with Crippen LogP contribution >= 0.6 is 0 Å². The highest BCUT2D eigenvalue weighted by molar-refractivity contribution is 5.55. The van der Waals surface area contributed by atoms with Gasteiger partial charge in [0.25, 0.3) is 5.89 Å². The first-order valence-electron chi connectivity index (χ1n) is 6.45. The van der Waals surface area contributed by atoms with Crippen LogP contribution in [0.25, 0.3) is 11.5 Å². The number of nitrogens with zero attached hydrogens (tertiary/aromatic N) is 2. The Kier molecular flexibility index (Phi) is 4.70. The third-order valence-electron chi connectivity index (χ3n) is 2.57. The Balaban J connectivity index is 2.19. The largest absolute Gasteiger partial charge is 0.491 e. The molecule has 0 saturated heterocycles. The first-order chi connectivity index (χ1) is 9.60. The number of hydrogen-bond acceptors (Lipinski definition) is 6.